The summed E-state index contributed by atoms with van der Waals surface area (Å²) in [5.41, 5.74) is -1.03. The fourth-order valence-corrected chi connectivity index (χ4v) is 0.733. The van der Waals surface area contributed by atoms with Crippen molar-refractivity contribution in [2.75, 3.05) is 5.32 Å². The van der Waals surface area contributed by atoms with Crippen LogP contribution in [0.5, 0.6) is 0 Å². The van der Waals surface area contributed by atoms with Crippen LogP contribution < -0.4 is 5.32 Å². The Morgan fingerprint density at radius 3 is 2.62 bits per heavy atom. The van der Waals surface area contributed by atoms with Crippen LogP contribution in [0.25, 0.3) is 0 Å². The van der Waals surface area contributed by atoms with Gasteiger partial charge in [0.1, 0.15) is 11.5 Å². The molecule has 6 heteroatoms. The van der Waals surface area contributed by atoms with Gasteiger partial charge in [-0.25, -0.2) is 4.98 Å². The van der Waals surface area contributed by atoms with E-state index in [1.54, 1.807) is 0 Å². The third-order valence-corrected chi connectivity index (χ3v) is 1.25. The van der Waals surface area contributed by atoms with E-state index in [4.69, 9.17) is 0 Å². The fraction of sp³-hybridized carbons (Fsp3) is 0.143. The molecule has 0 fully saturated rings. The van der Waals surface area contributed by atoms with E-state index in [0.717, 1.165) is 6.07 Å². The Labute approximate surface area is 71.6 Å². The number of rotatable bonds is 2. The van der Waals surface area contributed by atoms with Gasteiger partial charge in [-0.15, -0.1) is 0 Å². The molecular weight excluding hydrogens is 185 g/mol. The topological polar surface area (TPSA) is 42.0 Å². The average Bonchev–Trinajstić information content (AvgIpc) is 2.04. The van der Waals surface area contributed by atoms with Crippen LogP contribution in [0.2, 0.25) is 0 Å². The minimum atomic E-state index is -4.49. The van der Waals surface area contributed by atoms with Crippen molar-refractivity contribution in [1.29, 1.82) is 0 Å². The molecule has 1 aromatic rings. The number of pyridine rings is 1. The number of hydrogen-bond donors (Lipinski definition) is 1. The van der Waals surface area contributed by atoms with Gasteiger partial charge in [0.25, 0.3) is 0 Å². The largest absolute Gasteiger partial charge is 0.433 e. The van der Waals surface area contributed by atoms with Gasteiger partial charge in [0, 0.05) is 0 Å². The summed E-state index contributed by atoms with van der Waals surface area (Å²) in [6, 6.07) is 3.27. The second kappa shape index (κ2) is 3.42. The first-order chi connectivity index (χ1) is 6.04. The zero-order valence-corrected chi connectivity index (χ0v) is 6.30. The second-order valence-corrected chi connectivity index (χ2v) is 2.17. The number of nitrogens with zero attached hydrogens (tertiary/aromatic N) is 1. The quantitative estimate of drug-likeness (QED) is 0.720. The van der Waals surface area contributed by atoms with Gasteiger partial charge >= 0.3 is 6.18 Å². The summed E-state index contributed by atoms with van der Waals surface area (Å²) in [7, 11) is 0. The Kier molecular flexibility index (Phi) is 2.50. The number of halogens is 3. The molecule has 0 radical (unpaired) electrons. The lowest BCUT2D eigenvalue weighted by atomic mass is 10.3. The highest BCUT2D eigenvalue weighted by Gasteiger charge is 2.32. The van der Waals surface area contributed by atoms with Crippen LogP contribution in [0.15, 0.2) is 18.2 Å². The standard InChI is InChI=1S/C7H5F3N2O/c8-7(9,10)5-2-1-3-6(12-5)11-4-13/h1-4H,(H,11,12,13). The third-order valence-electron chi connectivity index (χ3n) is 1.25. The molecule has 0 aromatic carbocycles. The molecule has 1 aromatic heterocycles. The number of hydrogen-bond acceptors (Lipinski definition) is 2. The Hall–Kier alpha value is -1.59. The summed E-state index contributed by atoms with van der Waals surface area (Å²) in [6.07, 6.45) is -4.22. The highest BCUT2D eigenvalue weighted by atomic mass is 19.4. The van der Waals surface area contributed by atoms with E-state index in [9.17, 15) is 18.0 Å². The number of anilines is 1. The van der Waals surface area contributed by atoms with Crippen LogP contribution in [0, 0.1) is 0 Å². The molecule has 0 atom stereocenters. The summed E-state index contributed by atoms with van der Waals surface area (Å²) < 4.78 is 36.1. The van der Waals surface area contributed by atoms with E-state index >= 15 is 0 Å². The van der Waals surface area contributed by atoms with Crippen molar-refractivity contribution in [3.63, 3.8) is 0 Å². The molecule has 3 nitrogen and oxygen atoms in total. The van der Waals surface area contributed by atoms with Crippen LogP contribution in [0.3, 0.4) is 0 Å². The molecule has 70 valence electrons. The van der Waals surface area contributed by atoms with Crippen LogP contribution in [-0.4, -0.2) is 11.4 Å². The lowest BCUT2D eigenvalue weighted by Gasteiger charge is -2.06. The van der Waals surface area contributed by atoms with Crippen LogP contribution >= 0.6 is 0 Å². The molecule has 0 saturated carbocycles. The van der Waals surface area contributed by atoms with E-state index in [0.29, 0.717) is 0 Å². The number of alkyl halides is 3. The highest BCUT2D eigenvalue weighted by Crippen LogP contribution is 2.27. The van der Waals surface area contributed by atoms with Crippen molar-refractivity contribution in [1.82, 2.24) is 4.98 Å². The monoisotopic (exact) mass is 190 g/mol. The number of nitrogens with one attached hydrogen (secondary N) is 1. The molecule has 1 N–H and O–H groups in total. The zero-order chi connectivity index (χ0) is 9.90. The van der Waals surface area contributed by atoms with Crippen molar-refractivity contribution in [2.45, 2.75) is 6.18 Å². The van der Waals surface area contributed by atoms with Gasteiger partial charge in [0.05, 0.1) is 0 Å². The molecule has 0 bridgehead atoms. The van der Waals surface area contributed by atoms with E-state index < -0.39 is 11.9 Å². The average molecular weight is 190 g/mol. The van der Waals surface area contributed by atoms with Crippen molar-refractivity contribution < 1.29 is 18.0 Å². The number of carbonyl (C=O) groups is 1. The van der Waals surface area contributed by atoms with Gasteiger partial charge in [-0.1, -0.05) is 6.07 Å². The molecule has 0 aliphatic carbocycles. The summed E-state index contributed by atoms with van der Waals surface area (Å²) in [5, 5.41) is 2.03. The number of aromatic nitrogens is 1. The predicted molar refractivity (Wildman–Crippen MR) is 38.9 cm³/mol. The Morgan fingerprint density at radius 2 is 2.08 bits per heavy atom. The zero-order valence-electron chi connectivity index (χ0n) is 6.30. The lowest BCUT2D eigenvalue weighted by molar-refractivity contribution is -0.141. The maximum atomic E-state index is 12.0. The molecule has 0 saturated heterocycles. The first-order valence-electron chi connectivity index (χ1n) is 3.28. The van der Waals surface area contributed by atoms with Gasteiger partial charge in [-0.2, -0.15) is 13.2 Å². The van der Waals surface area contributed by atoms with E-state index in [2.05, 4.69) is 4.98 Å². The summed E-state index contributed by atoms with van der Waals surface area (Å²) in [5.74, 6) is -0.121. The van der Waals surface area contributed by atoms with Gasteiger partial charge in [-0.3, -0.25) is 4.79 Å². The second-order valence-electron chi connectivity index (χ2n) is 2.17. The van der Waals surface area contributed by atoms with Crippen LogP contribution in [0.4, 0.5) is 19.0 Å². The summed E-state index contributed by atoms with van der Waals surface area (Å²) in [6.45, 7) is 0. The minimum absolute atomic E-state index is 0.121. The van der Waals surface area contributed by atoms with E-state index in [1.807, 2.05) is 5.32 Å². The normalized spacial score (nSPS) is 11.0. The van der Waals surface area contributed by atoms with Gasteiger partial charge in [0.2, 0.25) is 6.41 Å². The molecule has 1 heterocycles. The molecule has 0 aliphatic heterocycles. The molecule has 0 spiro atoms. The molecule has 0 unspecified atom stereocenters. The van der Waals surface area contributed by atoms with Crippen LogP contribution in [0.1, 0.15) is 5.69 Å². The summed E-state index contributed by atoms with van der Waals surface area (Å²) in [4.78, 5) is 13.1. The van der Waals surface area contributed by atoms with Gasteiger partial charge < -0.3 is 5.32 Å². The minimum Gasteiger partial charge on any atom is -0.313 e. The Morgan fingerprint density at radius 1 is 1.38 bits per heavy atom. The van der Waals surface area contributed by atoms with Crippen molar-refractivity contribution in [3.8, 4) is 0 Å². The maximum Gasteiger partial charge on any atom is 0.433 e. The van der Waals surface area contributed by atoms with Crippen molar-refractivity contribution in [3.05, 3.63) is 23.9 Å². The van der Waals surface area contributed by atoms with Crippen LogP contribution in [-0.2, 0) is 11.0 Å². The number of amides is 1. The van der Waals surface area contributed by atoms with Gasteiger partial charge in [-0.05, 0) is 12.1 Å². The molecule has 1 amide bonds. The third kappa shape index (κ3) is 2.43. The molecular formula is C7H5F3N2O. The van der Waals surface area contributed by atoms with E-state index in [1.165, 1.54) is 12.1 Å². The first-order valence-corrected chi connectivity index (χ1v) is 3.28. The van der Waals surface area contributed by atoms with Crippen molar-refractivity contribution in [2.24, 2.45) is 0 Å². The number of carbonyl (C=O) groups excluding carboxylic acids is 1. The molecule has 1 rings (SSSR count). The Balaban J connectivity index is 2.98. The predicted octanol–water partition coefficient (Wildman–Crippen LogP) is 1.67. The smallest absolute Gasteiger partial charge is 0.313 e. The maximum absolute atomic E-state index is 12.0. The van der Waals surface area contributed by atoms with Gasteiger partial charge in [0.15, 0.2) is 0 Å². The summed E-state index contributed by atoms with van der Waals surface area (Å²) >= 11 is 0. The first kappa shape index (κ1) is 9.50. The highest BCUT2D eigenvalue weighted by molar-refractivity contribution is 5.68. The lowest BCUT2D eigenvalue weighted by Crippen LogP contribution is -2.09. The molecule has 13 heavy (non-hydrogen) atoms. The molecule has 0 aliphatic rings. The SMILES string of the molecule is O=CNc1cccc(C(F)(F)F)n1. The Bertz CT molecular complexity index is 311. The van der Waals surface area contributed by atoms with E-state index in [-0.39, 0.29) is 12.2 Å². The van der Waals surface area contributed by atoms with Crippen molar-refractivity contribution >= 4 is 12.2 Å². The fourth-order valence-electron chi connectivity index (χ4n) is 0.733.